The van der Waals surface area contributed by atoms with Gasteiger partial charge in [0.25, 0.3) is 0 Å². The van der Waals surface area contributed by atoms with E-state index >= 15 is 0 Å². The van der Waals surface area contributed by atoms with E-state index in [1.165, 1.54) is 6.20 Å². The van der Waals surface area contributed by atoms with Crippen molar-refractivity contribution >= 4 is 27.8 Å². The van der Waals surface area contributed by atoms with Crippen LogP contribution < -0.4 is 5.43 Å². The Labute approximate surface area is 101 Å². The van der Waals surface area contributed by atoms with Crippen LogP contribution in [0.2, 0.25) is 0 Å². The van der Waals surface area contributed by atoms with E-state index in [9.17, 15) is 9.59 Å². The summed E-state index contributed by atoms with van der Waals surface area (Å²) in [4.78, 5) is 29.9. The van der Waals surface area contributed by atoms with Gasteiger partial charge in [-0.05, 0) is 12.1 Å². The maximum Gasteiger partial charge on any atom is 0.341 e. The monoisotopic (exact) mass is 240 g/mol. The molecule has 0 atom stereocenters. The molecule has 5 nitrogen and oxygen atoms in total. The molecule has 1 aromatic carbocycles. The maximum absolute atomic E-state index is 12.0. The molecule has 0 unspecified atom stereocenters. The highest BCUT2D eigenvalue weighted by atomic mass is 16.4. The summed E-state index contributed by atoms with van der Waals surface area (Å²) < 4.78 is 0. The predicted molar refractivity (Wildman–Crippen MR) is 66.8 cm³/mol. The molecule has 2 aromatic heterocycles. The van der Waals surface area contributed by atoms with Crippen molar-refractivity contribution in [1.29, 1.82) is 0 Å². The Kier molecular flexibility index (Phi) is 2.13. The lowest BCUT2D eigenvalue weighted by Crippen LogP contribution is -2.15. The summed E-state index contributed by atoms with van der Waals surface area (Å²) in [5.41, 5.74) is 0.453. The fourth-order valence-electron chi connectivity index (χ4n) is 1.99. The number of fused-ring (bicyclic) bond motifs is 3. The molecule has 2 N–H and O–H groups in total. The number of carbonyl (C=O) groups is 1. The van der Waals surface area contributed by atoms with Gasteiger partial charge in [0.2, 0.25) is 5.43 Å². The smallest absolute Gasteiger partial charge is 0.341 e. The number of aromatic nitrogens is 2. The number of nitrogens with one attached hydrogen (secondary N) is 1. The minimum absolute atomic E-state index is 0.266. The van der Waals surface area contributed by atoms with Gasteiger partial charge in [-0.3, -0.25) is 9.78 Å². The van der Waals surface area contributed by atoms with Crippen LogP contribution in [0, 0.1) is 0 Å². The molecule has 2 heterocycles. The Hall–Kier alpha value is -2.69. The van der Waals surface area contributed by atoms with Crippen LogP contribution in [0.5, 0.6) is 0 Å². The Morgan fingerprint density at radius 3 is 2.89 bits per heavy atom. The number of pyridine rings is 2. The second-order valence-electron chi connectivity index (χ2n) is 3.90. The summed E-state index contributed by atoms with van der Waals surface area (Å²) in [6.07, 6.45) is 2.84. The first-order valence-corrected chi connectivity index (χ1v) is 5.31. The molecule has 88 valence electrons. The summed E-state index contributed by atoms with van der Waals surface area (Å²) in [5, 5.41) is 10.1. The summed E-state index contributed by atoms with van der Waals surface area (Å²) in [5.74, 6) is -1.24. The predicted octanol–water partition coefficient (Wildman–Crippen LogP) is 1.77. The molecule has 0 aliphatic rings. The van der Waals surface area contributed by atoms with E-state index in [1.807, 2.05) is 6.07 Å². The number of H-pyrrole nitrogens is 1. The fourth-order valence-corrected chi connectivity index (χ4v) is 1.99. The first-order chi connectivity index (χ1) is 8.68. The maximum atomic E-state index is 12.0. The van der Waals surface area contributed by atoms with Crippen molar-refractivity contribution in [3.8, 4) is 0 Å². The first-order valence-electron chi connectivity index (χ1n) is 5.31. The highest BCUT2D eigenvalue weighted by Gasteiger charge is 2.12. The third kappa shape index (κ3) is 1.37. The van der Waals surface area contributed by atoms with Crippen LogP contribution in [0.15, 0.2) is 41.5 Å². The largest absolute Gasteiger partial charge is 0.477 e. The van der Waals surface area contributed by atoms with Crippen LogP contribution in [-0.2, 0) is 0 Å². The van der Waals surface area contributed by atoms with Crippen LogP contribution in [0.4, 0.5) is 0 Å². The summed E-state index contributed by atoms with van der Waals surface area (Å²) in [6, 6.07) is 7.05. The van der Waals surface area contributed by atoms with E-state index in [0.717, 1.165) is 5.39 Å². The minimum atomic E-state index is -1.24. The molecule has 0 aliphatic carbocycles. The summed E-state index contributed by atoms with van der Waals surface area (Å²) in [6.45, 7) is 0. The summed E-state index contributed by atoms with van der Waals surface area (Å²) in [7, 11) is 0. The van der Waals surface area contributed by atoms with Crippen molar-refractivity contribution in [2.75, 3.05) is 0 Å². The third-order valence-corrected chi connectivity index (χ3v) is 2.86. The van der Waals surface area contributed by atoms with Crippen molar-refractivity contribution in [1.82, 2.24) is 9.97 Å². The zero-order valence-corrected chi connectivity index (χ0v) is 9.18. The molecule has 3 rings (SSSR count). The molecule has 3 aromatic rings. The quantitative estimate of drug-likeness (QED) is 0.635. The Balaban J connectivity index is 2.52. The van der Waals surface area contributed by atoms with E-state index in [2.05, 4.69) is 9.97 Å². The van der Waals surface area contributed by atoms with Gasteiger partial charge in [0.1, 0.15) is 5.56 Å². The van der Waals surface area contributed by atoms with Gasteiger partial charge in [-0.25, -0.2) is 4.79 Å². The van der Waals surface area contributed by atoms with E-state index < -0.39 is 11.4 Å². The van der Waals surface area contributed by atoms with Crippen LogP contribution >= 0.6 is 0 Å². The van der Waals surface area contributed by atoms with Gasteiger partial charge >= 0.3 is 5.97 Å². The lowest BCUT2D eigenvalue weighted by molar-refractivity contribution is 0.0695. The molecule has 18 heavy (non-hydrogen) atoms. The standard InChI is InChI=1S/C13H8N2O3/c16-12-8-4-3-7-2-1-5-14-10(7)11(8)15-6-9(12)13(17)18/h1-6H,(H,15,16)(H,17,18). The SMILES string of the molecule is O=C(O)c1c[nH]c2c(ccc3cccnc32)c1=O. The van der Waals surface area contributed by atoms with Gasteiger partial charge < -0.3 is 10.1 Å². The lowest BCUT2D eigenvalue weighted by atomic mass is 10.1. The Bertz CT molecular complexity index is 836. The number of hydrogen-bond donors (Lipinski definition) is 2. The van der Waals surface area contributed by atoms with Gasteiger partial charge in [-0.1, -0.05) is 12.1 Å². The van der Waals surface area contributed by atoms with E-state index in [0.29, 0.717) is 16.4 Å². The zero-order chi connectivity index (χ0) is 12.7. The van der Waals surface area contributed by atoms with Gasteiger partial charge in [-0.2, -0.15) is 0 Å². The average Bonchev–Trinajstić information content (AvgIpc) is 2.38. The van der Waals surface area contributed by atoms with Crippen molar-refractivity contribution in [2.24, 2.45) is 0 Å². The van der Waals surface area contributed by atoms with Crippen molar-refractivity contribution in [3.63, 3.8) is 0 Å². The molecule has 0 saturated heterocycles. The number of carboxylic acid groups (broad SMARTS) is 1. The number of carboxylic acids is 1. The van der Waals surface area contributed by atoms with Gasteiger partial charge in [0.15, 0.2) is 0 Å². The molecule has 0 fully saturated rings. The molecule has 5 heteroatoms. The topological polar surface area (TPSA) is 83.0 Å². The fraction of sp³-hybridized carbons (Fsp3) is 0. The first kappa shape index (κ1) is 10.5. The molecular weight excluding hydrogens is 232 g/mol. The van der Waals surface area contributed by atoms with Crippen LogP contribution in [0.25, 0.3) is 21.8 Å². The molecule has 0 saturated carbocycles. The zero-order valence-electron chi connectivity index (χ0n) is 9.18. The molecular formula is C13H8N2O3. The van der Waals surface area contributed by atoms with E-state index in [4.69, 9.17) is 5.11 Å². The van der Waals surface area contributed by atoms with Crippen molar-refractivity contribution in [2.45, 2.75) is 0 Å². The minimum Gasteiger partial charge on any atom is -0.477 e. The second-order valence-corrected chi connectivity index (χ2v) is 3.90. The number of hydrogen-bond acceptors (Lipinski definition) is 3. The van der Waals surface area contributed by atoms with E-state index in [-0.39, 0.29) is 5.56 Å². The van der Waals surface area contributed by atoms with Gasteiger partial charge in [0, 0.05) is 23.2 Å². The molecule has 0 spiro atoms. The van der Waals surface area contributed by atoms with Crippen LogP contribution in [0.1, 0.15) is 10.4 Å². The highest BCUT2D eigenvalue weighted by molar-refractivity contribution is 6.04. The third-order valence-electron chi connectivity index (χ3n) is 2.86. The molecule has 0 aliphatic heterocycles. The molecule has 0 bridgehead atoms. The number of aromatic carboxylic acids is 1. The van der Waals surface area contributed by atoms with Gasteiger partial charge in [0.05, 0.1) is 11.0 Å². The molecule has 0 amide bonds. The Morgan fingerprint density at radius 1 is 1.28 bits per heavy atom. The van der Waals surface area contributed by atoms with Crippen molar-refractivity contribution < 1.29 is 9.90 Å². The highest BCUT2D eigenvalue weighted by Crippen LogP contribution is 2.19. The normalized spacial score (nSPS) is 10.9. The number of aromatic amines is 1. The van der Waals surface area contributed by atoms with Gasteiger partial charge in [-0.15, -0.1) is 0 Å². The van der Waals surface area contributed by atoms with E-state index in [1.54, 1.807) is 24.4 Å². The number of rotatable bonds is 1. The van der Waals surface area contributed by atoms with Crippen molar-refractivity contribution in [3.05, 3.63) is 52.4 Å². The molecule has 0 radical (unpaired) electrons. The number of nitrogens with zero attached hydrogens (tertiary/aromatic N) is 1. The Morgan fingerprint density at radius 2 is 2.11 bits per heavy atom. The average molecular weight is 240 g/mol. The number of benzene rings is 1. The second kappa shape index (κ2) is 3.66. The summed E-state index contributed by atoms with van der Waals surface area (Å²) >= 11 is 0. The van der Waals surface area contributed by atoms with Crippen LogP contribution in [-0.4, -0.2) is 21.0 Å². The lowest BCUT2D eigenvalue weighted by Gasteiger charge is -2.03. The van der Waals surface area contributed by atoms with Crippen LogP contribution in [0.3, 0.4) is 0 Å².